The van der Waals surface area contributed by atoms with Crippen molar-refractivity contribution in [2.24, 2.45) is 0 Å². The highest BCUT2D eigenvalue weighted by molar-refractivity contribution is 6.02. The Balaban J connectivity index is 1.89. The number of nitrogens with one attached hydrogen (secondary N) is 2. The standard InChI is InChI=1S/C18H14N2O3/c21-17(12-6-2-1-3-7-12)20-16(18(22)23)11-14-10-13-8-4-5-9-15(13)19-14/h1-11,19H,(H,20,21)(H,22,23)/b16-11+. The van der Waals surface area contributed by atoms with E-state index in [0.717, 1.165) is 10.9 Å². The maximum absolute atomic E-state index is 12.1. The summed E-state index contributed by atoms with van der Waals surface area (Å²) >= 11 is 0. The molecule has 1 aromatic heterocycles. The van der Waals surface area contributed by atoms with Crippen LogP contribution in [0.1, 0.15) is 16.1 Å². The Morgan fingerprint density at radius 2 is 1.70 bits per heavy atom. The van der Waals surface area contributed by atoms with Gasteiger partial charge in [-0.1, -0.05) is 36.4 Å². The highest BCUT2D eigenvalue weighted by Gasteiger charge is 2.13. The Kier molecular flexibility index (Phi) is 3.93. The molecule has 0 saturated carbocycles. The molecule has 0 saturated heterocycles. The van der Waals surface area contributed by atoms with Crippen molar-refractivity contribution in [2.75, 3.05) is 0 Å². The second-order valence-corrected chi connectivity index (χ2v) is 5.00. The molecular weight excluding hydrogens is 292 g/mol. The number of benzene rings is 2. The van der Waals surface area contributed by atoms with Gasteiger partial charge in [0.15, 0.2) is 0 Å². The lowest BCUT2D eigenvalue weighted by molar-refractivity contribution is -0.132. The van der Waals surface area contributed by atoms with E-state index in [4.69, 9.17) is 0 Å². The van der Waals surface area contributed by atoms with Crippen LogP contribution in [0.15, 0.2) is 66.4 Å². The average Bonchev–Trinajstić information content (AvgIpc) is 2.97. The fourth-order valence-corrected chi connectivity index (χ4v) is 2.26. The molecule has 3 N–H and O–H groups in total. The van der Waals surface area contributed by atoms with Crippen LogP contribution in [0.2, 0.25) is 0 Å². The summed E-state index contributed by atoms with van der Waals surface area (Å²) in [6.07, 6.45) is 1.41. The van der Waals surface area contributed by atoms with Crippen LogP contribution >= 0.6 is 0 Å². The first-order valence-electron chi connectivity index (χ1n) is 7.02. The molecule has 5 heteroatoms. The summed E-state index contributed by atoms with van der Waals surface area (Å²) in [5, 5.41) is 12.7. The number of fused-ring (bicyclic) bond motifs is 1. The van der Waals surface area contributed by atoms with Gasteiger partial charge in [-0.15, -0.1) is 0 Å². The monoisotopic (exact) mass is 306 g/mol. The van der Waals surface area contributed by atoms with Gasteiger partial charge in [0.1, 0.15) is 5.70 Å². The summed E-state index contributed by atoms with van der Waals surface area (Å²) in [6.45, 7) is 0. The van der Waals surface area contributed by atoms with Gasteiger partial charge in [-0.05, 0) is 35.7 Å². The second kappa shape index (κ2) is 6.19. The summed E-state index contributed by atoms with van der Waals surface area (Å²) in [4.78, 5) is 26.6. The van der Waals surface area contributed by atoms with Gasteiger partial charge in [-0.2, -0.15) is 0 Å². The van der Waals surface area contributed by atoms with Crippen molar-refractivity contribution < 1.29 is 14.7 Å². The third-order valence-corrected chi connectivity index (χ3v) is 3.37. The van der Waals surface area contributed by atoms with Crippen LogP contribution in [-0.4, -0.2) is 22.0 Å². The van der Waals surface area contributed by atoms with Crippen molar-refractivity contribution in [1.82, 2.24) is 10.3 Å². The Hall–Kier alpha value is -3.34. The van der Waals surface area contributed by atoms with Gasteiger partial charge in [-0.25, -0.2) is 4.79 Å². The number of carbonyl (C=O) groups is 2. The zero-order chi connectivity index (χ0) is 16.2. The number of H-pyrrole nitrogens is 1. The topological polar surface area (TPSA) is 82.2 Å². The molecule has 0 radical (unpaired) electrons. The SMILES string of the molecule is O=C(O)/C(=C\c1cc2ccccc2[nH]1)NC(=O)c1ccccc1. The number of rotatable bonds is 4. The minimum Gasteiger partial charge on any atom is -0.477 e. The van der Waals surface area contributed by atoms with Crippen LogP contribution in [0.5, 0.6) is 0 Å². The van der Waals surface area contributed by atoms with Gasteiger partial charge in [-0.3, -0.25) is 4.79 Å². The molecule has 1 amide bonds. The van der Waals surface area contributed by atoms with E-state index in [2.05, 4.69) is 10.3 Å². The second-order valence-electron chi connectivity index (χ2n) is 5.00. The van der Waals surface area contributed by atoms with E-state index in [1.165, 1.54) is 6.08 Å². The molecule has 114 valence electrons. The van der Waals surface area contributed by atoms with Crippen molar-refractivity contribution >= 4 is 28.9 Å². The molecule has 0 aliphatic carbocycles. The summed E-state index contributed by atoms with van der Waals surface area (Å²) in [7, 11) is 0. The number of aromatic amines is 1. The lowest BCUT2D eigenvalue weighted by Gasteiger charge is -2.05. The molecule has 5 nitrogen and oxygen atoms in total. The molecule has 0 fully saturated rings. The lowest BCUT2D eigenvalue weighted by Crippen LogP contribution is -2.27. The van der Waals surface area contributed by atoms with Crippen LogP contribution in [0.3, 0.4) is 0 Å². The number of aromatic nitrogens is 1. The zero-order valence-electron chi connectivity index (χ0n) is 12.1. The Morgan fingerprint density at radius 1 is 1.00 bits per heavy atom. The summed E-state index contributed by atoms with van der Waals surface area (Å²) in [5.41, 5.74) is 1.72. The summed E-state index contributed by atoms with van der Waals surface area (Å²) in [6, 6.07) is 17.9. The van der Waals surface area contributed by atoms with Gasteiger partial charge >= 0.3 is 5.97 Å². The molecule has 0 spiro atoms. The van der Waals surface area contributed by atoms with E-state index in [9.17, 15) is 14.7 Å². The van der Waals surface area contributed by atoms with Crippen LogP contribution in [0.4, 0.5) is 0 Å². The zero-order valence-corrected chi connectivity index (χ0v) is 12.1. The Morgan fingerprint density at radius 3 is 2.39 bits per heavy atom. The minimum absolute atomic E-state index is 0.189. The van der Waals surface area contributed by atoms with Crippen LogP contribution in [-0.2, 0) is 4.79 Å². The van der Waals surface area contributed by atoms with E-state index in [1.807, 2.05) is 30.3 Å². The van der Waals surface area contributed by atoms with Gasteiger partial charge in [0, 0.05) is 16.8 Å². The van der Waals surface area contributed by atoms with E-state index in [0.29, 0.717) is 11.3 Å². The van der Waals surface area contributed by atoms with Crippen molar-refractivity contribution in [1.29, 1.82) is 0 Å². The molecule has 1 heterocycles. The fraction of sp³-hybridized carbons (Fsp3) is 0. The Labute approximate surface area is 132 Å². The van der Waals surface area contributed by atoms with E-state index < -0.39 is 11.9 Å². The van der Waals surface area contributed by atoms with Crippen LogP contribution < -0.4 is 5.32 Å². The molecule has 2 aromatic carbocycles. The maximum atomic E-state index is 12.1. The Bertz CT molecular complexity index is 862. The van der Waals surface area contributed by atoms with Gasteiger partial charge in [0.05, 0.1) is 0 Å². The number of para-hydroxylation sites is 1. The van der Waals surface area contributed by atoms with Gasteiger partial charge < -0.3 is 15.4 Å². The first-order chi connectivity index (χ1) is 11.1. The molecule has 0 unspecified atom stereocenters. The first-order valence-corrected chi connectivity index (χ1v) is 7.02. The van der Waals surface area contributed by atoms with Gasteiger partial charge in [0.2, 0.25) is 0 Å². The first kappa shape index (κ1) is 14.6. The quantitative estimate of drug-likeness (QED) is 0.648. The van der Waals surface area contributed by atoms with Crippen LogP contribution in [0, 0.1) is 0 Å². The van der Waals surface area contributed by atoms with E-state index >= 15 is 0 Å². The maximum Gasteiger partial charge on any atom is 0.352 e. The predicted molar refractivity (Wildman–Crippen MR) is 87.8 cm³/mol. The number of hydrogen-bond acceptors (Lipinski definition) is 2. The molecule has 3 rings (SSSR count). The third-order valence-electron chi connectivity index (χ3n) is 3.37. The normalized spacial score (nSPS) is 11.4. The van der Waals surface area contributed by atoms with Crippen molar-refractivity contribution in [3.8, 4) is 0 Å². The lowest BCUT2D eigenvalue weighted by atomic mass is 10.2. The fourth-order valence-electron chi connectivity index (χ4n) is 2.26. The number of carboxylic acids is 1. The molecule has 0 bridgehead atoms. The van der Waals surface area contributed by atoms with Crippen LogP contribution in [0.25, 0.3) is 17.0 Å². The average molecular weight is 306 g/mol. The van der Waals surface area contributed by atoms with Crippen molar-refractivity contribution in [3.05, 3.63) is 77.6 Å². The van der Waals surface area contributed by atoms with E-state index in [1.54, 1.807) is 30.3 Å². The summed E-state index contributed by atoms with van der Waals surface area (Å²) in [5.74, 6) is -1.66. The smallest absolute Gasteiger partial charge is 0.352 e. The summed E-state index contributed by atoms with van der Waals surface area (Å²) < 4.78 is 0. The predicted octanol–water partition coefficient (Wildman–Crippen LogP) is 3.02. The molecular formula is C18H14N2O3. The highest BCUT2D eigenvalue weighted by Crippen LogP contribution is 2.16. The number of aliphatic carboxylic acids is 1. The third kappa shape index (κ3) is 3.29. The molecule has 3 aromatic rings. The highest BCUT2D eigenvalue weighted by atomic mass is 16.4. The largest absolute Gasteiger partial charge is 0.477 e. The molecule has 0 aliphatic rings. The minimum atomic E-state index is -1.20. The van der Waals surface area contributed by atoms with Crippen molar-refractivity contribution in [2.45, 2.75) is 0 Å². The van der Waals surface area contributed by atoms with Crippen molar-refractivity contribution in [3.63, 3.8) is 0 Å². The van der Waals surface area contributed by atoms with Gasteiger partial charge in [0.25, 0.3) is 5.91 Å². The number of amides is 1. The number of carbonyl (C=O) groups excluding carboxylic acids is 1. The molecule has 0 atom stereocenters. The number of hydrogen-bond donors (Lipinski definition) is 3. The number of carboxylic acid groups (broad SMARTS) is 1. The van der Waals surface area contributed by atoms with E-state index in [-0.39, 0.29) is 5.70 Å². The molecule has 0 aliphatic heterocycles. The molecule has 23 heavy (non-hydrogen) atoms.